The number of anilines is 1. The number of rotatable bonds is 11. The Balaban J connectivity index is 1.82. The van der Waals surface area contributed by atoms with Crippen molar-refractivity contribution < 1.29 is 37.2 Å². The lowest BCUT2D eigenvalue weighted by Crippen LogP contribution is -2.33. The van der Waals surface area contributed by atoms with Gasteiger partial charge in [0, 0.05) is 19.7 Å². The minimum Gasteiger partial charge on any atom is -0.465 e. The predicted octanol–water partition coefficient (Wildman–Crippen LogP) is 0.561. The van der Waals surface area contributed by atoms with Crippen LogP contribution in [-0.4, -0.2) is 58.5 Å². The Morgan fingerprint density at radius 2 is 1.76 bits per heavy atom. The van der Waals surface area contributed by atoms with Crippen LogP contribution in [0.5, 0.6) is 0 Å². The lowest BCUT2D eigenvalue weighted by atomic mass is 10.1. The monoisotopic (exact) mass is 494 g/mol. The highest BCUT2D eigenvalue weighted by Crippen LogP contribution is 2.26. The van der Waals surface area contributed by atoms with Gasteiger partial charge in [-0.25, -0.2) is 13.2 Å². The molecule has 0 bridgehead atoms. The standard InChI is InChI=1S/C20H22N4O9S/c1-21-16-8-7-15(9-17(16)24(28)29)34(30,31)23-11-19(26)33-12-18(25)22-10-13-3-5-14(6-4-13)20(27)32-2/h3-9,21,23H,10-12H2,1-2H3,(H,22,25). The second-order valence-corrected chi connectivity index (χ2v) is 8.40. The zero-order valence-corrected chi connectivity index (χ0v) is 19.0. The number of sulfonamides is 1. The summed E-state index contributed by atoms with van der Waals surface area (Å²) >= 11 is 0. The number of nitro benzene ring substituents is 1. The van der Waals surface area contributed by atoms with Crippen molar-refractivity contribution in [1.29, 1.82) is 0 Å². The van der Waals surface area contributed by atoms with E-state index in [0.29, 0.717) is 11.1 Å². The minimum atomic E-state index is -4.25. The largest absolute Gasteiger partial charge is 0.465 e. The number of methoxy groups -OCH3 is 1. The van der Waals surface area contributed by atoms with Crippen molar-refractivity contribution in [3.63, 3.8) is 0 Å². The Bertz CT molecular complexity index is 1180. The molecule has 0 spiro atoms. The molecule has 0 fully saturated rings. The van der Waals surface area contributed by atoms with Crippen LogP contribution in [-0.2, 0) is 35.6 Å². The number of carbonyl (C=O) groups excluding carboxylic acids is 3. The molecule has 0 aromatic heterocycles. The number of nitrogens with one attached hydrogen (secondary N) is 3. The number of esters is 2. The van der Waals surface area contributed by atoms with E-state index in [2.05, 4.69) is 15.4 Å². The van der Waals surface area contributed by atoms with E-state index in [1.807, 2.05) is 4.72 Å². The third-order valence-corrected chi connectivity index (χ3v) is 5.78. The highest BCUT2D eigenvalue weighted by atomic mass is 32.2. The van der Waals surface area contributed by atoms with Crippen LogP contribution in [0.2, 0.25) is 0 Å². The number of nitro groups is 1. The Morgan fingerprint density at radius 3 is 2.35 bits per heavy atom. The van der Waals surface area contributed by atoms with Gasteiger partial charge in [-0.15, -0.1) is 0 Å². The molecule has 0 saturated carbocycles. The smallest absolute Gasteiger partial charge is 0.337 e. The molecule has 0 atom stereocenters. The van der Waals surface area contributed by atoms with Gasteiger partial charge in [-0.1, -0.05) is 12.1 Å². The number of carbonyl (C=O) groups is 3. The molecule has 0 unspecified atom stereocenters. The van der Waals surface area contributed by atoms with Gasteiger partial charge in [0.1, 0.15) is 12.2 Å². The lowest BCUT2D eigenvalue weighted by molar-refractivity contribution is -0.384. The van der Waals surface area contributed by atoms with Crippen LogP contribution < -0.4 is 15.4 Å². The van der Waals surface area contributed by atoms with Crippen molar-refractivity contribution >= 4 is 39.2 Å². The van der Waals surface area contributed by atoms with E-state index in [0.717, 1.165) is 12.1 Å². The van der Waals surface area contributed by atoms with Crippen LogP contribution >= 0.6 is 0 Å². The Labute approximate surface area is 194 Å². The summed E-state index contributed by atoms with van der Waals surface area (Å²) in [5.41, 5.74) is 0.693. The fourth-order valence-electron chi connectivity index (χ4n) is 2.60. The summed E-state index contributed by atoms with van der Waals surface area (Å²) in [6.45, 7) is -1.33. The highest BCUT2D eigenvalue weighted by Gasteiger charge is 2.22. The first kappa shape index (κ1) is 26.2. The van der Waals surface area contributed by atoms with Gasteiger partial charge in [0.2, 0.25) is 10.0 Å². The summed E-state index contributed by atoms with van der Waals surface area (Å²) in [7, 11) is -1.54. The molecule has 2 aromatic carbocycles. The normalized spacial score (nSPS) is 10.8. The second-order valence-electron chi connectivity index (χ2n) is 6.64. The molecule has 3 N–H and O–H groups in total. The Morgan fingerprint density at radius 1 is 1.09 bits per heavy atom. The van der Waals surface area contributed by atoms with E-state index in [4.69, 9.17) is 4.74 Å². The number of hydrogen-bond donors (Lipinski definition) is 3. The zero-order valence-electron chi connectivity index (χ0n) is 18.2. The molecule has 34 heavy (non-hydrogen) atoms. The summed E-state index contributed by atoms with van der Waals surface area (Å²) in [6, 6.07) is 9.49. The Kier molecular flexibility index (Phi) is 9.03. The topological polar surface area (TPSA) is 183 Å². The second kappa shape index (κ2) is 11.7. The van der Waals surface area contributed by atoms with E-state index in [1.54, 1.807) is 12.1 Å². The molecular weight excluding hydrogens is 472 g/mol. The van der Waals surface area contributed by atoms with Crippen LogP contribution in [0.15, 0.2) is 47.4 Å². The zero-order chi connectivity index (χ0) is 25.3. The molecule has 1 amide bonds. The maximum Gasteiger partial charge on any atom is 0.337 e. The fraction of sp³-hybridized carbons (Fsp3) is 0.250. The molecule has 2 rings (SSSR count). The molecule has 0 saturated heterocycles. The van der Waals surface area contributed by atoms with E-state index in [1.165, 1.54) is 32.4 Å². The summed E-state index contributed by atoms with van der Waals surface area (Å²) in [6.07, 6.45) is 0. The van der Waals surface area contributed by atoms with E-state index >= 15 is 0 Å². The van der Waals surface area contributed by atoms with Gasteiger partial charge in [0.25, 0.3) is 11.6 Å². The first-order chi connectivity index (χ1) is 16.1. The number of ether oxygens (including phenoxy) is 2. The van der Waals surface area contributed by atoms with Crippen LogP contribution in [0.1, 0.15) is 15.9 Å². The first-order valence-electron chi connectivity index (χ1n) is 9.63. The molecule has 0 heterocycles. The number of hydrogen-bond acceptors (Lipinski definition) is 10. The maximum absolute atomic E-state index is 12.3. The molecule has 0 aliphatic rings. The molecule has 14 heteroatoms. The molecule has 2 aromatic rings. The minimum absolute atomic E-state index is 0.103. The number of amides is 1. The molecule has 0 aliphatic carbocycles. The molecule has 182 valence electrons. The average molecular weight is 494 g/mol. The van der Waals surface area contributed by atoms with Gasteiger partial charge in [0.05, 0.1) is 22.5 Å². The van der Waals surface area contributed by atoms with Crippen LogP contribution in [0.3, 0.4) is 0 Å². The third kappa shape index (κ3) is 7.25. The van der Waals surface area contributed by atoms with E-state index < -0.39 is 56.5 Å². The SMILES string of the molecule is CNc1ccc(S(=O)(=O)NCC(=O)OCC(=O)NCc2ccc(C(=O)OC)cc2)cc1[N+](=O)[O-]. The van der Waals surface area contributed by atoms with Gasteiger partial charge >= 0.3 is 11.9 Å². The first-order valence-corrected chi connectivity index (χ1v) is 11.1. The molecular formula is C20H22N4O9S. The Hall–Kier alpha value is -4.04. The lowest BCUT2D eigenvalue weighted by Gasteiger charge is -2.09. The van der Waals surface area contributed by atoms with Crippen molar-refractivity contribution in [2.45, 2.75) is 11.4 Å². The summed E-state index contributed by atoms with van der Waals surface area (Å²) in [5.74, 6) is -2.15. The van der Waals surface area contributed by atoms with Crippen LogP contribution in [0.25, 0.3) is 0 Å². The van der Waals surface area contributed by atoms with Gasteiger partial charge in [-0.2, -0.15) is 4.72 Å². The summed E-state index contributed by atoms with van der Waals surface area (Å²) in [4.78, 5) is 45.0. The average Bonchev–Trinajstić information content (AvgIpc) is 2.84. The van der Waals surface area contributed by atoms with Crippen molar-refractivity contribution in [1.82, 2.24) is 10.0 Å². The van der Waals surface area contributed by atoms with Crippen molar-refractivity contribution in [3.05, 3.63) is 63.7 Å². The quantitative estimate of drug-likeness (QED) is 0.227. The predicted molar refractivity (Wildman–Crippen MR) is 118 cm³/mol. The van der Waals surface area contributed by atoms with E-state index in [9.17, 15) is 32.9 Å². The van der Waals surface area contributed by atoms with Crippen LogP contribution in [0.4, 0.5) is 11.4 Å². The fourth-order valence-corrected chi connectivity index (χ4v) is 3.59. The highest BCUT2D eigenvalue weighted by molar-refractivity contribution is 7.89. The van der Waals surface area contributed by atoms with Crippen molar-refractivity contribution in [2.24, 2.45) is 0 Å². The van der Waals surface area contributed by atoms with Gasteiger partial charge in [-0.05, 0) is 29.8 Å². The van der Waals surface area contributed by atoms with Crippen molar-refractivity contribution in [3.8, 4) is 0 Å². The van der Waals surface area contributed by atoms with Gasteiger partial charge in [0.15, 0.2) is 6.61 Å². The summed E-state index contributed by atoms with van der Waals surface area (Å²) in [5, 5.41) is 16.2. The molecule has 0 radical (unpaired) electrons. The van der Waals surface area contributed by atoms with Gasteiger partial charge < -0.3 is 20.1 Å². The van der Waals surface area contributed by atoms with Crippen molar-refractivity contribution in [2.75, 3.05) is 32.6 Å². The molecule has 13 nitrogen and oxygen atoms in total. The number of nitrogens with zero attached hydrogens (tertiary/aromatic N) is 1. The molecule has 0 aliphatic heterocycles. The third-order valence-electron chi connectivity index (χ3n) is 4.38. The number of benzene rings is 2. The van der Waals surface area contributed by atoms with E-state index in [-0.39, 0.29) is 12.2 Å². The maximum atomic E-state index is 12.3. The van der Waals surface area contributed by atoms with Gasteiger partial charge in [-0.3, -0.25) is 19.7 Å². The van der Waals surface area contributed by atoms with Crippen LogP contribution in [0, 0.1) is 10.1 Å². The summed E-state index contributed by atoms with van der Waals surface area (Å²) < 4.78 is 35.9.